The summed E-state index contributed by atoms with van der Waals surface area (Å²) >= 11 is 0. The van der Waals surface area contributed by atoms with E-state index in [2.05, 4.69) is 22.3 Å². The van der Waals surface area contributed by atoms with Gasteiger partial charge in [0, 0.05) is 18.2 Å². The molecule has 0 bridgehead atoms. The normalized spacial score (nSPS) is 19.8. The quantitative estimate of drug-likeness (QED) is 0.913. The van der Waals surface area contributed by atoms with Crippen LogP contribution in [0.2, 0.25) is 0 Å². The van der Waals surface area contributed by atoms with Gasteiger partial charge in [-0.05, 0) is 49.2 Å². The van der Waals surface area contributed by atoms with Crippen LogP contribution in [0.3, 0.4) is 0 Å². The summed E-state index contributed by atoms with van der Waals surface area (Å²) in [4.78, 5) is 14.7. The lowest BCUT2D eigenvalue weighted by atomic mass is 10.0. The minimum absolute atomic E-state index is 0.0254. The molecule has 1 N–H and O–H groups in total. The number of rotatable bonds is 4. The average Bonchev–Trinajstić information content (AvgIpc) is 2.98. The average molecular weight is 352 g/mol. The Hall–Kier alpha value is -2.53. The molecular weight excluding hydrogens is 328 g/mol. The van der Waals surface area contributed by atoms with Crippen LogP contribution < -0.4 is 14.8 Å². The first-order valence-corrected chi connectivity index (χ1v) is 9.28. The molecule has 1 amide bonds. The third kappa shape index (κ3) is 3.83. The van der Waals surface area contributed by atoms with Crippen molar-refractivity contribution >= 4 is 11.6 Å². The Labute approximate surface area is 153 Å². The maximum atomic E-state index is 12.4. The van der Waals surface area contributed by atoms with E-state index in [1.807, 2.05) is 36.4 Å². The second-order valence-corrected chi connectivity index (χ2v) is 6.80. The molecule has 4 rings (SSSR count). The molecule has 0 aliphatic carbocycles. The van der Waals surface area contributed by atoms with E-state index in [9.17, 15) is 4.79 Å². The highest BCUT2D eigenvalue weighted by Gasteiger charge is 2.28. The predicted molar refractivity (Wildman–Crippen MR) is 101 cm³/mol. The zero-order chi connectivity index (χ0) is 17.8. The van der Waals surface area contributed by atoms with Gasteiger partial charge in [0.15, 0.2) is 11.5 Å². The van der Waals surface area contributed by atoms with Gasteiger partial charge in [-0.2, -0.15) is 0 Å². The highest BCUT2D eigenvalue weighted by Crippen LogP contribution is 2.37. The Morgan fingerprint density at radius 2 is 1.85 bits per heavy atom. The molecular formula is C21H24N2O3. The van der Waals surface area contributed by atoms with Crippen molar-refractivity contribution < 1.29 is 14.3 Å². The van der Waals surface area contributed by atoms with Gasteiger partial charge in [0.25, 0.3) is 0 Å². The molecule has 5 heteroatoms. The van der Waals surface area contributed by atoms with Crippen LogP contribution in [0.15, 0.2) is 48.5 Å². The van der Waals surface area contributed by atoms with Crippen LogP contribution in [-0.2, 0) is 4.79 Å². The number of nitrogens with one attached hydrogen (secondary N) is 1. The van der Waals surface area contributed by atoms with Crippen LogP contribution in [0, 0.1) is 0 Å². The van der Waals surface area contributed by atoms with Gasteiger partial charge in [0.2, 0.25) is 5.91 Å². The number of fused-ring (bicyclic) bond motifs is 1. The summed E-state index contributed by atoms with van der Waals surface area (Å²) in [7, 11) is 0. The largest absolute Gasteiger partial charge is 0.490 e. The van der Waals surface area contributed by atoms with E-state index in [1.165, 1.54) is 5.56 Å². The molecule has 0 aromatic heterocycles. The fraction of sp³-hybridized carbons (Fsp3) is 0.381. The lowest BCUT2D eigenvalue weighted by molar-refractivity contribution is -0.117. The van der Waals surface area contributed by atoms with Crippen LogP contribution in [0.1, 0.15) is 30.9 Å². The standard InChI is InChI=1S/C21H24N2O3/c24-21(22-17-6-2-1-3-7-17)15-23-11-4-8-18(23)16-9-10-19-20(14-16)26-13-5-12-25-19/h1-3,6-7,9-10,14,18H,4-5,8,11-13,15H2,(H,22,24). The van der Waals surface area contributed by atoms with Gasteiger partial charge in [0.1, 0.15) is 0 Å². The summed E-state index contributed by atoms with van der Waals surface area (Å²) in [6.45, 7) is 2.71. The van der Waals surface area contributed by atoms with Gasteiger partial charge in [-0.3, -0.25) is 9.69 Å². The molecule has 2 aromatic rings. The fourth-order valence-corrected chi connectivity index (χ4v) is 3.69. The van der Waals surface area contributed by atoms with Gasteiger partial charge < -0.3 is 14.8 Å². The van der Waals surface area contributed by atoms with Crippen molar-refractivity contribution in [2.45, 2.75) is 25.3 Å². The van der Waals surface area contributed by atoms with Gasteiger partial charge in [-0.1, -0.05) is 24.3 Å². The maximum Gasteiger partial charge on any atom is 0.238 e. The minimum Gasteiger partial charge on any atom is -0.490 e. The number of carbonyl (C=O) groups is 1. The summed E-state index contributed by atoms with van der Waals surface area (Å²) in [5.41, 5.74) is 2.03. The monoisotopic (exact) mass is 352 g/mol. The van der Waals surface area contributed by atoms with Crippen LogP contribution in [0.25, 0.3) is 0 Å². The molecule has 2 aliphatic heterocycles. The fourth-order valence-electron chi connectivity index (χ4n) is 3.69. The Morgan fingerprint density at radius 3 is 2.69 bits per heavy atom. The number of amides is 1. The second kappa shape index (κ2) is 7.79. The Morgan fingerprint density at radius 1 is 1.04 bits per heavy atom. The van der Waals surface area contributed by atoms with Crippen molar-refractivity contribution in [1.82, 2.24) is 4.90 Å². The molecule has 1 saturated heterocycles. The molecule has 5 nitrogen and oxygen atoms in total. The highest BCUT2D eigenvalue weighted by atomic mass is 16.5. The van der Waals surface area contributed by atoms with E-state index in [4.69, 9.17) is 9.47 Å². The van der Waals surface area contributed by atoms with Crippen LogP contribution in [0.4, 0.5) is 5.69 Å². The summed E-state index contributed by atoms with van der Waals surface area (Å²) < 4.78 is 11.5. The predicted octanol–water partition coefficient (Wildman–Crippen LogP) is 3.62. The smallest absolute Gasteiger partial charge is 0.238 e. The Kier molecular flexibility index (Phi) is 5.07. The van der Waals surface area contributed by atoms with Crippen molar-refractivity contribution in [2.75, 3.05) is 31.6 Å². The van der Waals surface area contributed by atoms with E-state index in [0.717, 1.165) is 43.0 Å². The number of benzene rings is 2. The number of likely N-dealkylation sites (tertiary alicyclic amines) is 1. The molecule has 1 fully saturated rings. The maximum absolute atomic E-state index is 12.4. The van der Waals surface area contributed by atoms with Crippen molar-refractivity contribution in [1.29, 1.82) is 0 Å². The van der Waals surface area contributed by atoms with Gasteiger partial charge in [-0.25, -0.2) is 0 Å². The first kappa shape index (κ1) is 16.9. The van der Waals surface area contributed by atoms with E-state index in [1.54, 1.807) is 0 Å². The third-order valence-corrected chi connectivity index (χ3v) is 4.92. The molecule has 2 aliphatic rings. The number of anilines is 1. The van der Waals surface area contributed by atoms with E-state index in [-0.39, 0.29) is 11.9 Å². The molecule has 26 heavy (non-hydrogen) atoms. The van der Waals surface area contributed by atoms with Crippen molar-refractivity contribution in [2.24, 2.45) is 0 Å². The molecule has 1 unspecified atom stereocenters. The number of hydrogen-bond acceptors (Lipinski definition) is 4. The topological polar surface area (TPSA) is 50.8 Å². The lowest BCUT2D eigenvalue weighted by Crippen LogP contribution is -2.32. The molecule has 0 saturated carbocycles. The number of ether oxygens (including phenoxy) is 2. The molecule has 136 valence electrons. The zero-order valence-corrected chi connectivity index (χ0v) is 14.8. The van der Waals surface area contributed by atoms with Crippen molar-refractivity contribution in [3.8, 4) is 11.5 Å². The SMILES string of the molecule is O=C(CN1CCCC1c1ccc2c(c1)OCCCO2)Nc1ccccc1. The molecule has 2 aromatic carbocycles. The van der Waals surface area contributed by atoms with Gasteiger partial charge in [0.05, 0.1) is 19.8 Å². The summed E-state index contributed by atoms with van der Waals surface area (Å²) in [6.07, 6.45) is 3.05. The van der Waals surface area contributed by atoms with Crippen molar-refractivity contribution in [3.05, 3.63) is 54.1 Å². The summed E-state index contributed by atoms with van der Waals surface area (Å²) in [5.74, 6) is 1.66. The zero-order valence-electron chi connectivity index (χ0n) is 14.8. The summed E-state index contributed by atoms with van der Waals surface area (Å²) in [6, 6.07) is 16.0. The number of hydrogen-bond donors (Lipinski definition) is 1. The van der Waals surface area contributed by atoms with Crippen LogP contribution in [0.5, 0.6) is 11.5 Å². The van der Waals surface area contributed by atoms with Crippen molar-refractivity contribution in [3.63, 3.8) is 0 Å². The second-order valence-electron chi connectivity index (χ2n) is 6.80. The first-order chi connectivity index (χ1) is 12.8. The first-order valence-electron chi connectivity index (χ1n) is 9.28. The Balaban J connectivity index is 1.45. The van der Waals surface area contributed by atoms with E-state index < -0.39 is 0 Å². The number of para-hydroxylation sites is 1. The summed E-state index contributed by atoms with van der Waals surface area (Å²) in [5, 5.41) is 2.97. The number of nitrogens with zero attached hydrogens (tertiary/aromatic N) is 1. The van der Waals surface area contributed by atoms with Gasteiger partial charge in [-0.15, -0.1) is 0 Å². The van der Waals surface area contributed by atoms with Gasteiger partial charge >= 0.3 is 0 Å². The van der Waals surface area contributed by atoms with Crippen LogP contribution in [-0.4, -0.2) is 37.1 Å². The molecule has 2 heterocycles. The lowest BCUT2D eigenvalue weighted by Gasteiger charge is -2.25. The number of carbonyl (C=O) groups excluding carboxylic acids is 1. The van der Waals surface area contributed by atoms with E-state index in [0.29, 0.717) is 19.8 Å². The molecule has 0 radical (unpaired) electrons. The highest BCUT2D eigenvalue weighted by molar-refractivity contribution is 5.92. The third-order valence-electron chi connectivity index (χ3n) is 4.92. The van der Waals surface area contributed by atoms with E-state index >= 15 is 0 Å². The van der Waals surface area contributed by atoms with Crippen LogP contribution >= 0.6 is 0 Å². The molecule has 1 atom stereocenters. The minimum atomic E-state index is 0.0254. The molecule has 0 spiro atoms. The Bertz CT molecular complexity index is 763.